The van der Waals surface area contributed by atoms with Gasteiger partial charge in [-0.3, -0.25) is 4.68 Å². The minimum atomic E-state index is -0.198. The van der Waals surface area contributed by atoms with Crippen molar-refractivity contribution in [3.63, 3.8) is 0 Å². The summed E-state index contributed by atoms with van der Waals surface area (Å²) in [6.07, 6.45) is 0. The molecule has 90 valence electrons. The second-order valence-electron chi connectivity index (χ2n) is 3.88. The molecule has 0 bridgehead atoms. The predicted octanol–water partition coefficient (Wildman–Crippen LogP) is 4.05. The summed E-state index contributed by atoms with van der Waals surface area (Å²) in [6, 6.07) is 4.96. The minimum absolute atomic E-state index is 0.198. The van der Waals surface area contributed by atoms with Crippen molar-refractivity contribution in [2.75, 3.05) is 0 Å². The van der Waals surface area contributed by atoms with Crippen molar-refractivity contribution >= 4 is 38.5 Å². The smallest absolute Gasteiger partial charge is 0.128 e. The van der Waals surface area contributed by atoms with Crippen LogP contribution in [0.4, 0.5) is 4.39 Å². The van der Waals surface area contributed by atoms with Crippen LogP contribution in [0.5, 0.6) is 0 Å². The number of hydrogen-bond donors (Lipinski definition) is 0. The lowest BCUT2D eigenvalue weighted by Gasteiger charge is -2.06. The van der Waals surface area contributed by atoms with Gasteiger partial charge in [0, 0.05) is 15.7 Å². The molecule has 0 aliphatic rings. The Morgan fingerprint density at radius 2 is 2.12 bits per heavy atom. The van der Waals surface area contributed by atoms with Crippen molar-refractivity contribution < 1.29 is 4.39 Å². The van der Waals surface area contributed by atoms with E-state index in [1.54, 1.807) is 12.1 Å². The summed E-state index contributed by atoms with van der Waals surface area (Å²) in [4.78, 5) is 0. The number of rotatable bonds is 2. The maximum atomic E-state index is 13.6. The average molecular weight is 409 g/mol. The lowest BCUT2D eigenvalue weighted by molar-refractivity contribution is 0.578. The van der Waals surface area contributed by atoms with Gasteiger partial charge < -0.3 is 0 Å². The molecule has 0 N–H and O–H groups in total. The van der Waals surface area contributed by atoms with Crippen LogP contribution in [0.3, 0.4) is 0 Å². The van der Waals surface area contributed by atoms with Crippen molar-refractivity contribution in [1.82, 2.24) is 9.78 Å². The summed E-state index contributed by atoms with van der Waals surface area (Å²) < 4.78 is 17.5. The van der Waals surface area contributed by atoms with Gasteiger partial charge in [-0.05, 0) is 54.6 Å². The lowest BCUT2D eigenvalue weighted by Crippen LogP contribution is -2.06. The SMILES string of the molecule is Cc1nn(Cc2cc(Br)ccc2F)c(C)c1I. The Bertz CT molecular complexity index is 566. The van der Waals surface area contributed by atoms with E-state index in [0.717, 1.165) is 19.4 Å². The summed E-state index contributed by atoms with van der Waals surface area (Å²) in [6.45, 7) is 4.42. The van der Waals surface area contributed by atoms with Crippen molar-refractivity contribution in [2.24, 2.45) is 0 Å². The Morgan fingerprint density at radius 1 is 1.41 bits per heavy atom. The van der Waals surface area contributed by atoms with E-state index >= 15 is 0 Å². The highest BCUT2D eigenvalue weighted by atomic mass is 127. The standard InChI is InChI=1S/C12H11BrFIN2/c1-7-12(15)8(2)17(16-7)6-9-5-10(13)3-4-11(9)14/h3-5H,6H2,1-2H3. The molecular weight excluding hydrogens is 398 g/mol. The summed E-state index contributed by atoms with van der Waals surface area (Å²) in [5.41, 5.74) is 2.70. The van der Waals surface area contributed by atoms with E-state index in [-0.39, 0.29) is 5.82 Å². The topological polar surface area (TPSA) is 17.8 Å². The Kier molecular flexibility index (Phi) is 3.87. The minimum Gasteiger partial charge on any atom is -0.264 e. The first-order chi connectivity index (χ1) is 7.99. The first-order valence-electron chi connectivity index (χ1n) is 5.12. The fourth-order valence-electron chi connectivity index (χ4n) is 1.65. The van der Waals surface area contributed by atoms with E-state index in [9.17, 15) is 4.39 Å². The van der Waals surface area contributed by atoms with Crippen molar-refractivity contribution in [3.8, 4) is 0 Å². The van der Waals surface area contributed by atoms with Gasteiger partial charge >= 0.3 is 0 Å². The Balaban J connectivity index is 2.37. The molecule has 1 aromatic heterocycles. The molecule has 0 saturated heterocycles. The summed E-state index contributed by atoms with van der Waals surface area (Å²) in [7, 11) is 0. The van der Waals surface area contributed by atoms with Crippen molar-refractivity contribution in [2.45, 2.75) is 20.4 Å². The normalized spacial score (nSPS) is 10.9. The molecule has 0 amide bonds. The van der Waals surface area contributed by atoms with E-state index in [2.05, 4.69) is 43.6 Å². The third kappa shape index (κ3) is 2.70. The van der Waals surface area contributed by atoms with Gasteiger partial charge in [0.05, 0.1) is 15.8 Å². The highest BCUT2D eigenvalue weighted by Crippen LogP contribution is 2.20. The Labute approximate surface area is 121 Å². The van der Waals surface area contributed by atoms with Gasteiger partial charge in [0.1, 0.15) is 5.82 Å². The highest BCUT2D eigenvalue weighted by molar-refractivity contribution is 14.1. The molecule has 2 aromatic rings. The van der Waals surface area contributed by atoms with E-state index in [0.29, 0.717) is 12.1 Å². The second kappa shape index (κ2) is 5.06. The number of nitrogens with zero attached hydrogens (tertiary/aromatic N) is 2. The second-order valence-corrected chi connectivity index (χ2v) is 5.87. The monoisotopic (exact) mass is 408 g/mol. The van der Waals surface area contributed by atoms with Gasteiger partial charge in [-0.15, -0.1) is 0 Å². The van der Waals surface area contributed by atoms with Crippen LogP contribution in [0.25, 0.3) is 0 Å². The fraction of sp³-hybridized carbons (Fsp3) is 0.250. The summed E-state index contributed by atoms with van der Waals surface area (Å²) >= 11 is 5.61. The zero-order valence-electron chi connectivity index (χ0n) is 9.47. The first kappa shape index (κ1) is 13.0. The van der Waals surface area contributed by atoms with Crippen LogP contribution < -0.4 is 0 Å². The van der Waals surface area contributed by atoms with Crippen LogP contribution in [-0.2, 0) is 6.54 Å². The molecule has 0 atom stereocenters. The van der Waals surface area contributed by atoms with Gasteiger partial charge in [-0.25, -0.2) is 4.39 Å². The van der Waals surface area contributed by atoms with E-state index in [4.69, 9.17) is 0 Å². The number of aryl methyl sites for hydroxylation is 1. The van der Waals surface area contributed by atoms with Gasteiger partial charge in [0.25, 0.3) is 0 Å². The molecule has 2 rings (SSSR count). The molecule has 1 heterocycles. The van der Waals surface area contributed by atoms with E-state index in [1.165, 1.54) is 6.07 Å². The Morgan fingerprint density at radius 3 is 2.71 bits per heavy atom. The molecule has 0 radical (unpaired) electrons. The zero-order chi connectivity index (χ0) is 12.6. The van der Waals surface area contributed by atoms with Crippen LogP contribution >= 0.6 is 38.5 Å². The Hall–Kier alpha value is -0.430. The van der Waals surface area contributed by atoms with Crippen LogP contribution in [0, 0.1) is 23.2 Å². The molecular formula is C12H11BrFIN2. The lowest BCUT2D eigenvalue weighted by atomic mass is 10.2. The van der Waals surface area contributed by atoms with Crippen LogP contribution in [0.15, 0.2) is 22.7 Å². The van der Waals surface area contributed by atoms with Gasteiger partial charge in [0.2, 0.25) is 0 Å². The molecule has 0 aliphatic heterocycles. The third-order valence-corrected chi connectivity index (χ3v) is 4.68. The van der Waals surface area contributed by atoms with Gasteiger partial charge in [-0.1, -0.05) is 15.9 Å². The van der Waals surface area contributed by atoms with E-state index in [1.807, 2.05) is 18.5 Å². The van der Waals surface area contributed by atoms with Crippen LogP contribution in [0.2, 0.25) is 0 Å². The molecule has 0 aliphatic carbocycles. The average Bonchev–Trinajstić information content (AvgIpc) is 2.52. The fourth-order valence-corrected chi connectivity index (χ4v) is 2.45. The van der Waals surface area contributed by atoms with Gasteiger partial charge in [-0.2, -0.15) is 5.10 Å². The number of hydrogen-bond acceptors (Lipinski definition) is 1. The van der Waals surface area contributed by atoms with Crippen LogP contribution in [-0.4, -0.2) is 9.78 Å². The predicted molar refractivity (Wildman–Crippen MR) is 77.6 cm³/mol. The summed E-state index contributed by atoms with van der Waals surface area (Å²) in [5.74, 6) is -0.198. The molecule has 0 spiro atoms. The molecule has 2 nitrogen and oxygen atoms in total. The molecule has 0 fully saturated rings. The van der Waals surface area contributed by atoms with E-state index < -0.39 is 0 Å². The highest BCUT2D eigenvalue weighted by Gasteiger charge is 2.11. The number of halogens is 3. The number of aromatic nitrogens is 2. The van der Waals surface area contributed by atoms with Gasteiger partial charge in [0.15, 0.2) is 0 Å². The molecule has 0 unspecified atom stereocenters. The van der Waals surface area contributed by atoms with Crippen molar-refractivity contribution in [1.29, 1.82) is 0 Å². The zero-order valence-corrected chi connectivity index (χ0v) is 13.2. The molecule has 0 saturated carbocycles. The molecule has 17 heavy (non-hydrogen) atoms. The number of benzene rings is 1. The molecule has 1 aromatic carbocycles. The van der Waals surface area contributed by atoms with Crippen LogP contribution in [0.1, 0.15) is 17.0 Å². The molecule has 5 heteroatoms. The largest absolute Gasteiger partial charge is 0.264 e. The third-order valence-electron chi connectivity index (χ3n) is 2.62. The maximum absolute atomic E-state index is 13.6. The first-order valence-corrected chi connectivity index (χ1v) is 6.99. The maximum Gasteiger partial charge on any atom is 0.128 e. The van der Waals surface area contributed by atoms with Crippen molar-refractivity contribution in [3.05, 3.63) is 49.0 Å². The summed E-state index contributed by atoms with van der Waals surface area (Å²) in [5, 5.41) is 4.40. The quantitative estimate of drug-likeness (QED) is 0.685.